The molecule has 6 nitrogen and oxygen atoms in total. The maximum absolute atomic E-state index is 5.66. The van der Waals surface area contributed by atoms with Crippen LogP contribution in [0.1, 0.15) is 12.0 Å². The van der Waals surface area contributed by atoms with Crippen molar-refractivity contribution in [3.05, 3.63) is 29.8 Å². The minimum Gasteiger partial charge on any atom is -0.497 e. The van der Waals surface area contributed by atoms with E-state index in [0.29, 0.717) is 19.1 Å². The summed E-state index contributed by atoms with van der Waals surface area (Å²) in [4.78, 5) is 6.74. The molecule has 0 spiro atoms. The van der Waals surface area contributed by atoms with Crippen LogP contribution in [0.15, 0.2) is 29.3 Å². The highest BCUT2D eigenvalue weighted by Gasteiger charge is 2.24. The third-order valence-electron chi connectivity index (χ3n) is 4.41. The van der Waals surface area contributed by atoms with Crippen LogP contribution in [0.5, 0.6) is 5.75 Å². The van der Waals surface area contributed by atoms with Gasteiger partial charge in [-0.3, -0.25) is 4.99 Å². The SMILES string of the molecule is CN=C(NCCc1cccc(OC)c1)N1CCC(COCCOC)C1.I. The number of hydrogen-bond acceptors (Lipinski definition) is 4. The number of guanidine groups is 1. The summed E-state index contributed by atoms with van der Waals surface area (Å²) in [5.74, 6) is 2.44. The average Bonchev–Trinajstić information content (AvgIpc) is 3.11. The van der Waals surface area contributed by atoms with Crippen molar-refractivity contribution in [2.24, 2.45) is 10.9 Å². The Morgan fingerprint density at radius 2 is 2.15 bits per heavy atom. The van der Waals surface area contributed by atoms with Crippen molar-refractivity contribution in [2.45, 2.75) is 12.8 Å². The number of hydrogen-bond donors (Lipinski definition) is 1. The Labute approximate surface area is 174 Å². The number of halogens is 1. The van der Waals surface area contributed by atoms with Gasteiger partial charge in [0.05, 0.1) is 26.9 Å². The van der Waals surface area contributed by atoms with E-state index >= 15 is 0 Å². The topological polar surface area (TPSA) is 55.3 Å². The first-order valence-corrected chi connectivity index (χ1v) is 8.92. The van der Waals surface area contributed by atoms with Gasteiger partial charge >= 0.3 is 0 Å². The number of rotatable bonds is 9. The maximum atomic E-state index is 5.66. The molecule has 0 bridgehead atoms. The van der Waals surface area contributed by atoms with Crippen LogP contribution in [-0.2, 0) is 15.9 Å². The van der Waals surface area contributed by atoms with E-state index in [-0.39, 0.29) is 24.0 Å². The molecule has 1 N–H and O–H groups in total. The first kappa shape index (κ1) is 23.0. The van der Waals surface area contributed by atoms with Gasteiger partial charge in [0.1, 0.15) is 5.75 Å². The predicted octanol–water partition coefficient (Wildman–Crippen LogP) is 2.42. The third kappa shape index (κ3) is 7.67. The Morgan fingerprint density at radius 1 is 1.31 bits per heavy atom. The molecule has 1 fully saturated rings. The molecule has 1 heterocycles. The molecule has 0 aromatic heterocycles. The molecule has 0 saturated carbocycles. The molecule has 2 rings (SSSR count). The van der Waals surface area contributed by atoms with Crippen molar-refractivity contribution >= 4 is 29.9 Å². The van der Waals surface area contributed by atoms with E-state index in [1.807, 2.05) is 19.2 Å². The van der Waals surface area contributed by atoms with Crippen molar-refractivity contribution in [3.63, 3.8) is 0 Å². The molecule has 0 amide bonds. The third-order valence-corrected chi connectivity index (χ3v) is 4.41. The van der Waals surface area contributed by atoms with Gasteiger partial charge in [-0.05, 0) is 30.5 Å². The molecule has 1 unspecified atom stereocenters. The number of ether oxygens (including phenoxy) is 3. The molecule has 1 aliphatic heterocycles. The molecular weight excluding hydrogens is 445 g/mol. The fraction of sp³-hybridized carbons (Fsp3) is 0.632. The number of benzene rings is 1. The van der Waals surface area contributed by atoms with Crippen molar-refractivity contribution in [1.82, 2.24) is 10.2 Å². The summed E-state index contributed by atoms with van der Waals surface area (Å²) < 4.78 is 15.9. The largest absolute Gasteiger partial charge is 0.497 e. The van der Waals surface area contributed by atoms with E-state index in [0.717, 1.165) is 50.8 Å². The summed E-state index contributed by atoms with van der Waals surface area (Å²) >= 11 is 0. The van der Waals surface area contributed by atoms with Crippen LogP contribution < -0.4 is 10.1 Å². The highest BCUT2D eigenvalue weighted by molar-refractivity contribution is 14.0. The lowest BCUT2D eigenvalue weighted by Gasteiger charge is -2.21. The number of likely N-dealkylation sites (tertiary alicyclic amines) is 1. The lowest BCUT2D eigenvalue weighted by Crippen LogP contribution is -2.41. The van der Waals surface area contributed by atoms with E-state index in [9.17, 15) is 0 Å². The smallest absolute Gasteiger partial charge is 0.193 e. The zero-order chi connectivity index (χ0) is 17.9. The summed E-state index contributed by atoms with van der Waals surface area (Å²) in [6.07, 6.45) is 2.08. The minimum absolute atomic E-state index is 0. The summed E-state index contributed by atoms with van der Waals surface area (Å²) in [5.41, 5.74) is 1.26. The van der Waals surface area contributed by atoms with Crippen molar-refractivity contribution in [1.29, 1.82) is 0 Å². The van der Waals surface area contributed by atoms with E-state index < -0.39 is 0 Å². The minimum atomic E-state index is 0. The van der Waals surface area contributed by atoms with Gasteiger partial charge in [0, 0.05) is 39.7 Å². The Hall–Kier alpha value is -1.06. The monoisotopic (exact) mass is 477 g/mol. The van der Waals surface area contributed by atoms with Crippen LogP contribution in [0.2, 0.25) is 0 Å². The average molecular weight is 477 g/mol. The van der Waals surface area contributed by atoms with Gasteiger partial charge in [-0.15, -0.1) is 24.0 Å². The number of aliphatic imine (C=N–C) groups is 1. The Balaban J connectivity index is 0.00000338. The molecule has 0 aliphatic carbocycles. The second kappa shape index (κ2) is 13.2. The number of nitrogens with one attached hydrogen (secondary N) is 1. The molecule has 148 valence electrons. The fourth-order valence-corrected chi connectivity index (χ4v) is 3.03. The van der Waals surface area contributed by atoms with E-state index in [4.69, 9.17) is 14.2 Å². The van der Waals surface area contributed by atoms with E-state index in [1.54, 1.807) is 14.2 Å². The van der Waals surface area contributed by atoms with Gasteiger partial charge in [0.25, 0.3) is 0 Å². The second-order valence-corrected chi connectivity index (χ2v) is 6.24. The highest BCUT2D eigenvalue weighted by Crippen LogP contribution is 2.17. The Morgan fingerprint density at radius 3 is 2.88 bits per heavy atom. The van der Waals surface area contributed by atoms with Gasteiger partial charge in [0.2, 0.25) is 0 Å². The molecule has 0 radical (unpaired) electrons. The van der Waals surface area contributed by atoms with Gasteiger partial charge in [0.15, 0.2) is 5.96 Å². The lowest BCUT2D eigenvalue weighted by molar-refractivity contribution is 0.0536. The normalized spacial score (nSPS) is 17.1. The molecule has 1 aliphatic rings. The van der Waals surface area contributed by atoms with E-state index in [2.05, 4.69) is 27.3 Å². The van der Waals surface area contributed by atoms with Gasteiger partial charge in [-0.2, -0.15) is 0 Å². The first-order chi connectivity index (χ1) is 12.3. The Bertz CT molecular complexity index is 543. The fourth-order valence-electron chi connectivity index (χ4n) is 3.03. The van der Waals surface area contributed by atoms with Crippen molar-refractivity contribution < 1.29 is 14.2 Å². The lowest BCUT2D eigenvalue weighted by atomic mass is 10.1. The number of methoxy groups -OCH3 is 2. The van der Waals surface area contributed by atoms with E-state index in [1.165, 1.54) is 5.56 Å². The van der Waals surface area contributed by atoms with Crippen molar-refractivity contribution in [2.75, 3.05) is 60.7 Å². The highest BCUT2D eigenvalue weighted by atomic mass is 127. The summed E-state index contributed by atoms with van der Waals surface area (Å²) in [6.45, 7) is 4.99. The summed E-state index contributed by atoms with van der Waals surface area (Å²) in [5, 5.41) is 3.47. The van der Waals surface area contributed by atoms with Gasteiger partial charge in [-0.1, -0.05) is 12.1 Å². The standard InChI is InChI=1S/C19H31N3O3.HI/c1-20-19(21-9-7-16-5-4-6-18(13-16)24-3)22-10-8-17(14-22)15-25-12-11-23-2;/h4-6,13,17H,7-12,14-15H2,1-3H3,(H,20,21);1H. The van der Waals surface area contributed by atoms with Gasteiger partial charge in [-0.25, -0.2) is 0 Å². The molecule has 1 saturated heterocycles. The van der Waals surface area contributed by atoms with Crippen LogP contribution in [0.3, 0.4) is 0 Å². The molecule has 7 heteroatoms. The van der Waals surface area contributed by atoms with Crippen LogP contribution in [0.4, 0.5) is 0 Å². The van der Waals surface area contributed by atoms with Gasteiger partial charge < -0.3 is 24.4 Å². The maximum Gasteiger partial charge on any atom is 0.193 e. The predicted molar refractivity (Wildman–Crippen MR) is 116 cm³/mol. The molecular formula is C19H32IN3O3. The molecule has 1 atom stereocenters. The molecule has 1 aromatic carbocycles. The molecule has 1 aromatic rings. The quantitative estimate of drug-likeness (QED) is 0.256. The molecule has 26 heavy (non-hydrogen) atoms. The zero-order valence-corrected chi connectivity index (χ0v) is 18.4. The number of nitrogens with zero attached hydrogens (tertiary/aromatic N) is 2. The van der Waals surface area contributed by atoms with Crippen LogP contribution in [0.25, 0.3) is 0 Å². The summed E-state index contributed by atoms with van der Waals surface area (Å²) in [7, 11) is 5.24. The van der Waals surface area contributed by atoms with Crippen LogP contribution in [0, 0.1) is 5.92 Å². The van der Waals surface area contributed by atoms with Crippen LogP contribution >= 0.6 is 24.0 Å². The van der Waals surface area contributed by atoms with Crippen LogP contribution in [-0.4, -0.2) is 71.6 Å². The second-order valence-electron chi connectivity index (χ2n) is 6.24. The Kier molecular flexibility index (Phi) is 11.6. The summed E-state index contributed by atoms with van der Waals surface area (Å²) in [6, 6.07) is 8.19. The first-order valence-electron chi connectivity index (χ1n) is 8.92. The van der Waals surface area contributed by atoms with Crippen molar-refractivity contribution in [3.8, 4) is 5.75 Å². The zero-order valence-electron chi connectivity index (χ0n) is 16.1.